The summed E-state index contributed by atoms with van der Waals surface area (Å²) in [5, 5.41) is 4.61. The second kappa shape index (κ2) is 7.95. The minimum atomic E-state index is 0.866. The van der Waals surface area contributed by atoms with Crippen LogP contribution in [0.25, 0.3) is 0 Å². The molecule has 2 aliphatic rings. The minimum Gasteiger partial charge on any atom is -0.338 e. The van der Waals surface area contributed by atoms with Gasteiger partial charge in [-0.3, -0.25) is 9.58 Å². The Kier molecular flexibility index (Phi) is 5.25. The summed E-state index contributed by atoms with van der Waals surface area (Å²) >= 11 is 0. The van der Waals surface area contributed by atoms with E-state index in [9.17, 15) is 0 Å². The van der Waals surface area contributed by atoms with Crippen LogP contribution in [0.5, 0.6) is 0 Å². The average molecular weight is 340 g/mol. The number of aromatic nitrogens is 4. The first-order chi connectivity index (χ1) is 12.4. The molecule has 0 N–H and O–H groups in total. The molecule has 6 heteroatoms. The number of piperazine rings is 1. The van der Waals surface area contributed by atoms with Gasteiger partial charge in [-0.1, -0.05) is 0 Å². The second-order valence-corrected chi connectivity index (χ2v) is 7.13. The standard InChI is InChI=1S/C19H28N6/c1-2-7-18-17(6-1)16-22-25(18)11-4-3-10-23-12-14-24(15-13-23)19-20-8-5-9-21-19/h5,8-9,16H,1-4,6-7,10-15H2. The molecule has 0 spiro atoms. The van der Waals surface area contributed by atoms with Crippen LogP contribution < -0.4 is 4.90 Å². The minimum absolute atomic E-state index is 0.866. The molecular weight excluding hydrogens is 312 g/mol. The quantitative estimate of drug-likeness (QED) is 0.754. The average Bonchev–Trinajstić information content (AvgIpc) is 3.10. The number of nitrogens with zero attached hydrogens (tertiary/aromatic N) is 6. The molecule has 1 aliphatic carbocycles. The molecule has 0 unspecified atom stereocenters. The largest absolute Gasteiger partial charge is 0.338 e. The Balaban J connectivity index is 1.17. The van der Waals surface area contributed by atoms with Crippen LogP contribution in [0.15, 0.2) is 24.7 Å². The highest BCUT2D eigenvalue weighted by Crippen LogP contribution is 2.21. The van der Waals surface area contributed by atoms with E-state index in [2.05, 4.69) is 35.7 Å². The van der Waals surface area contributed by atoms with Crippen LogP contribution in [0.2, 0.25) is 0 Å². The van der Waals surface area contributed by atoms with E-state index in [-0.39, 0.29) is 0 Å². The molecule has 4 rings (SSSR count). The lowest BCUT2D eigenvalue weighted by molar-refractivity contribution is 0.249. The molecule has 134 valence electrons. The summed E-state index contributed by atoms with van der Waals surface area (Å²) in [7, 11) is 0. The molecule has 25 heavy (non-hydrogen) atoms. The molecule has 0 aromatic carbocycles. The lowest BCUT2D eigenvalue weighted by Crippen LogP contribution is -2.47. The van der Waals surface area contributed by atoms with Crippen LogP contribution in [-0.2, 0) is 19.4 Å². The van der Waals surface area contributed by atoms with Gasteiger partial charge in [0.15, 0.2) is 0 Å². The van der Waals surface area contributed by atoms with Gasteiger partial charge in [0.2, 0.25) is 5.95 Å². The van der Waals surface area contributed by atoms with Gasteiger partial charge in [0.25, 0.3) is 0 Å². The Hall–Kier alpha value is -1.95. The number of anilines is 1. The van der Waals surface area contributed by atoms with Crippen molar-refractivity contribution in [3.05, 3.63) is 35.9 Å². The highest BCUT2D eigenvalue weighted by molar-refractivity contribution is 5.29. The molecule has 3 heterocycles. The summed E-state index contributed by atoms with van der Waals surface area (Å²) in [6.07, 6.45) is 13.3. The van der Waals surface area contributed by atoms with Crippen LogP contribution >= 0.6 is 0 Å². The first-order valence-corrected chi connectivity index (χ1v) is 9.68. The fourth-order valence-electron chi connectivity index (χ4n) is 3.97. The zero-order valence-corrected chi connectivity index (χ0v) is 15.0. The van der Waals surface area contributed by atoms with Crippen molar-refractivity contribution in [1.82, 2.24) is 24.6 Å². The van der Waals surface area contributed by atoms with E-state index in [1.54, 1.807) is 0 Å². The van der Waals surface area contributed by atoms with Crippen LogP contribution in [0.1, 0.15) is 36.9 Å². The third kappa shape index (κ3) is 4.00. The molecule has 1 aliphatic heterocycles. The van der Waals surface area contributed by atoms with E-state index >= 15 is 0 Å². The summed E-state index contributed by atoms with van der Waals surface area (Å²) in [6, 6.07) is 1.87. The van der Waals surface area contributed by atoms with Gasteiger partial charge >= 0.3 is 0 Å². The highest BCUT2D eigenvalue weighted by Gasteiger charge is 2.18. The summed E-state index contributed by atoms with van der Waals surface area (Å²) in [6.45, 7) is 6.53. The molecule has 0 bridgehead atoms. The predicted octanol–water partition coefficient (Wildman–Crippen LogP) is 2.15. The van der Waals surface area contributed by atoms with Crippen molar-refractivity contribution in [1.29, 1.82) is 0 Å². The van der Waals surface area contributed by atoms with Crippen molar-refractivity contribution in [3.8, 4) is 0 Å². The number of unbranched alkanes of at least 4 members (excludes halogenated alkanes) is 1. The molecule has 2 aromatic rings. The highest BCUT2D eigenvalue weighted by atomic mass is 15.3. The lowest BCUT2D eigenvalue weighted by Gasteiger charge is -2.34. The summed E-state index contributed by atoms with van der Waals surface area (Å²) in [5.41, 5.74) is 2.99. The van der Waals surface area contributed by atoms with E-state index in [0.717, 1.165) is 38.7 Å². The molecule has 6 nitrogen and oxygen atoms in total. The zero-order chi connectivity index (χ0) is 16.9. The Morgan fingerprint density at radius 2 is 1.64 bits per heavy atom. The van der Waals surface area contributed by atoms with Crippen LogP contribution in [-0.4, -0.2) is 57.4 Å². The number of aryl methyl sites for hydroxylation is 2. The van der Waals surface area contributed by atoms with Gasteiger partial charge in [-0.15, -0.1) is 0 Å². The van der Waals surface area contributed by atoms with Gasteiger partial charge in [-0.25, -0.2) is 9.97 Å². The van der Waals surface area contributed by atoms with E-state index in [1.807, 2.05) is 18.5 Å². The molecule has 0 saturated carbocycles. The molecule has 0 radical (unpaired) electrons. The van der Waals surface area contributed by atoms with Crippen molar-refractivity contribution >= 4 is 5.95 Å². The molecule has 1 fully saturated rings. The Bertz CT molecular complexity index is 660. The van der Waals surface area contributed by atoms with Gasteiger partial charge < -0.3 is 4.90 Å². The molecule has 1 saturated heterocycles. The van der Waals surface area contributed by atoms with Crippen LogP contribution in [0.3, 0.4) is 0 Å². The third-order valence-corrected chi connectivity index (χ3v) is 5.45. The number of hydrogen-bond donors (Lipinski definition) is 0. The van der Waals surface area contributed by atoms with Crippen molar-refractivity contribution in [2.45, 2.75) is 45.1 Å². The zero-order valence-electron chi connectivity index (χ0n) is 15.0. The van der Waals surface area contributed by atoms with Crippen molar-refractivity contribution < 1.29 is 0 Å². The van der Waals surface area contributed by atoms with Crippen molar-refractivity contribution in [3.63, 3.8) is 0 Å². The number of rotatable bonds is 6. The first kappa shape index (κ1) is 16.5. The Morgan fingerprint density at radius 1 is 0.880 bits per heavy atom. The molecule has 0 atom stereocenters. The topological polar surface area (TPSA) is 50.1 Å². The van der Waals surface area contributed by atoms with E-state index in [0.29, 0.717) is 0 Å². The fraction of sp³-hybridized carbons (Fsp3) is 0.632. The monoisotopic (exact) mass is 340 g/mol. The van der Waals surface area contributed by atoms with Gasteiger partial charge in [-0.05, 0) is 56.7 Å². The normalized spacial score (nSPS) is 18.3. The fourth-order valence-corrected chi connectivity index (χ4v) is 3.97. The lowest BCUT2D eigenvalue weighted by atomic mass is 9.98. The van der Waals surface area contributed by atoms with E-state index in [4.69, 9.17) is 0 Å². The maximum Gasteiger partial charge on any atom is 0.225 e. The summed E-state index contributed by atoms with van der Waals surface area (Å²) < 4.78 is 2.26. The summed E-state index contributed by atoms with van der Waals surface area (Å²) in [5.74, 6) is 0.866. The third-order valence-electron chi connectivity index (χ3n) is 5.45. The van der Waals surface area contributed by atoms with Gasteiger partial charge in [0, 0.05) is 50.8 Å². The Morgan fingerprint density at radius 3 is 2.48 bits per heavy atom. The smallest absolute Gasteiger partial charge is 0.225 e. The Labute approximate surface area is 149 Å². The molecule has 2 aromatic heterocycles. The molecular formula is C19H28N6. The van der Waals surface area contributed by atoms with Gasteiger partial charge in [0.05, 0.1) is 6.20 Å². The maximum absolute atomic E-state index is 4.61. The van der Waals surface area contributed by atoms with Crippen molar-refractivity contribution in [2.24, 2.45) is 0 Å². The summed E-state index contributed by atoms with van der Waals surface area (Å²) in [4.78, 5) is 13.6. The van der Waals surface area contributed by atoms with Gasteiger partial charge in [0.1, 0.15) is 0 Å². The van der Waals surface area contributed by atoms with Crippen LogP contribution in [0, 0.1) is 0 Å². The number of hydrogen-bond acceptors (Lipinski definition) is 5. The van der Waals surface area contributed by atoms with E-state index in [1.165, 1.54) is 56.3 Å². The second-order valence-electron chi connectivity index (χ2n) is 7.13. The SMILES string of the molecule is c1cnc(N2CCN(CCCCn3ncc4c3CCCC4)CC2)nc1. The van der Waals surface area contributed by atoms with Crippen LogP contribution in [0.4, 0.5) is 5.95 Å². The van der Waals surface area contributed by atoms with E-state index < -0.39 is 0 Å². The first-order valence-electron chi connectivity index (χ1n) is 9.68. The van der Waals surface area contributed by atoms with Crippen molar-refractivity contribution in [2.75, 3.05) is 37.6 Å². The molecule has 0 amide bonds. The maximum atomic E-state index is 4.61. The number of fused-ring (bicyclic) bond motifs is 1. The van der Waals surface area contributed by atoms with Gasteiger partial charge in [-0.2, -0.15) is 5.10 Å². The predicted molar refractivity (Wildman–Crippen MR) is 98.8 cm³/mol.